The van der Waals surface area contributed by atoms with Gasteiger partial charge >= 0.3 is 12.2 Å². The third-order valence-electron chi connectivity index (χ3n) is 6.30. The van der Waals surface area contributed by atoms with E-state index in [2.05, 4.69) is 5.10 Å². The van der Waals surface area contributed by atoms with Crippen LogP contribution in [-0.2, 0) is 19.1 Å². The molecule has 2 N–H and O–H groups in total. The lowest BCUT2D eigenvalue weighted by Gasteiger charge is -2.33. The molecule has 2 aromatic rings. The summed E-state index contributed by atoms with van der Waals surface area (Å²) >= 11 is 0. The van der Waals surface area contributed by atoms with Gasteiger partial charge in [0.25, 0.3) is 5.91 Å². The van der Waals surface area contributed by atoms with E-state index in [1.807, 2.05) is 11.9 Å². The summed E-state index contributed by atoms with van der Waals surface area (Å²) in [7, 11) is 1.86. The number of primary amides is 1. The molecule has 1 fully saturated rings. The van der Waals surface area contributed by atoms with Crippen molar-refractivity contribution in [3.05, 3.63) is 51.8 Å². The molecule has 7 nitrogen and oxygen atoms in total. The Morgan fingerprint density at radius 3 is 2.39 bits per heavy atom. The first-order valence-corrected chi connectivity index (χ1v) is 10.4. The van der Waals surface area contributed by atoms with Crippen molar-refractivity contribution < 1.29 is 31.5 Å². The van der Waals surface area contributed by atoms with Gasteiger partial charge in [0.05, 0.1) is 11.3 Å². The normalized spacial score (nSPS) is 17.8. The Balaban J connectivity index is 1.56. The number of hydrogen-bond acceptors (Lipinski definition) is 4. The van der Waals surface area contributed by atoms with Crippen molar-refractivity contribution in [2.45, 2.75) is 37.9 Å². The molecule has 4 rings (SSSR count). The van der Waals surface area contributed by atoms with Gasteiger partial charge in [-0.1, -0.05) is 6.07 Å². The maximum absolute atomic E-state index is 14.0. The minimum atomic E-state index is -5.04. The lowest BCUT2D eigenvalue weighted by atomic mass is 9.85. The van der Waals surface area contributed by atoms with E-state index >= 15 is 0 Å². The molecule has 0 saturated carbocycles. The number of rotatable bonds is 2. The molecule has 2 amide bonds. The van der Waals surface area contributed by atoms with Gasteiger partial charge in [-0.25, -0.2) is 13.6 Å². The molecule has 2 aliphatic rings. The number of likely N-dealkylation sites (N-methyl/N-ethyl adjacent to an activating group) is 1. The number of piperidine rings is 1. The highest BCUT2D eigenvalue weighted by molar-refractivity contribution is 5.95. The zero-order chi connectivity index (χ0) is 24.1. The fourth-order valence-electron chi connectivity index (χ4n) is 4.64. The first-order valence-electron chi connectivity index (χ1n) is 10.4. The average Bonchev–Trinajstić information content (AvgIpc) is 3.13. The van der Waals surface area contributed by atoms with Crippen molar-refractivity contribution in [3.63, 3.8) is 0 Å². The van der Waals surface area contributed by atoms with Crippen LogP contribution in [0, 0.1) is 11.6 Å². The van der Waals surface area contributed by atoms with Crippen LogP contribution in [0.4, 0.5) is 26.7 Å². The van der Waals surface area contributed by atoms with E-state index in [1.165, 1.54) is 4.90 Å². The van der Waals surface area contributed by atoms with E-state index in [0.29, 0.717) is 36.8 Å². The highest BCUT2D eigenvalue weighted by atomic mass is 19.4. The molecule has 2 aliphatic heterocycles. The number of likely N-dealkylation sites (tertiary alicyclic amines) is 1. The van der Waals surface area contributed by atoms with Gasteiger partial charge in [-0.15, -0.1) is 0 Å². The molecule has 0 radical (unpaired) electrons. The van der Waals surface area contributed by atoms with E-state index in [4.69, 9.17) is 5.73 Å². The minimum Gasteiger partial charge on any atom is -0.350 e. The number of fused-ring (bicyclic) bond motifs is 1. The number of nitrogens with zero attached hydrogens (tertiary/aromatic N) is 4. The number of aromatic nitrogens is 2. The van der Waals surface area contributed by atoms with E-state index < -0.39 is 41.2 Å². The largest absolute Gasteiger partial charge is 0.419 e. The second kappa shape index (κ2) is 8.40. The molecule has 0 spiro atoms. The molecular formula is C21H22F5N5O2. The molecule has 12 heteroatoms. The second-order valence-electron chi connectivity index (χ2n) is 8.40. The van der Waals surface area contributed by atoms with Crippen LogP contribution >= 0.6 is 0 Å². The van der Waals surface area contributed by atoms with Crippen LogP contribution in [0.3, 0.4) is 0 Å². The summed E-state index contributed by atoms with van der Waals surface area (Å²) in [6.07, 6.45) is -4.26. The third kappa shape index (κ3) is 4.19. The van der Waals surface area contributed by atoms with Crippen LogP contribution in [-0.4, -0.2) is 58.2 Å². The Labute approximate surface area is 185 Å². The number of halogens is 5. The summed E-state index contributed by atoms with van der Waals surface area (Å²) in [6.45, 7) is 1.28. The van der Waals surface area contributed by atoms with Gasteiger partial charge in [0, 0.05) is 31.7 Å². The number of nitrogens with two attached hydrogens (primary N) is 1. The lowest BCUT2D eigenvalue weighted by Crippen LogP contribution is -2.39. The maximum Gasteiger partial charge on any atom is 0.419 e. The van der Waals surface area contributed by atoms with Gasteiger partial charge in [-0.3, -0.25) is 4.79 Å². The molecule has 0 bridgehead atoms. The predicted octanol–water partition coefficient (Wildman–Crippen LogP) is 3.11. The zero-order valence-electron chi connectivity index (χ0n) is 17.8. The topological polar surface area (TPSA) is 84.5 Å². The Kier molecular flexibility index (Phi) is 5.89. The van der Waals surface area contributed by atoms with Gasteiger partial charge in [0.15, 0.2) is 17.3 Å². The molecule has 33 heavy (non-hydrogen) atoms. The SMILES string of the molecule is CN1CCc2c(C(=O)N3CCC(c4ccc(F)c(F)c4C(F)(F)F)CC3)nn(C(N)=O)c2C1. The van der Waals surface area contributed by atoms with Crippen LogP contribution in [0.1, 0.15) is 51.6 Å². The van der Waals surface area contributed by atoms with Crippen molar-refractivity contribution >= 4 is 11.9 Å². The molecule has 0 unspecified atom stereocenters. The first-order chi connectivity index (χ1) is 15.5. The van der Waals surface area contributed by atoms with Crippen LogP contribution in [0.2, 0.25) is 0 Å². The maximum atomic E-state index is 14.0. The van der Waals surface area contributed by atoms with Crippen LogP contribution < -0.4 is 5.73 Å². The van der Waals surface area contributed by atoms with Crippen LogP contribution in [0.5, 0.6) is 0 Å². The summed E-state index contributed by atoms with van der Waals surface area (Å²) in [6, 6.07) is 0.847. The minimum absolute atomic E-state index is 0.109. The number of amides is 2. The Morgan fingerprint density at radius 1 is 1.12 bits per heavy atom. The Morgan fingerprint density at radius 2 is 1.79 bits per heavy atom. The van der Waals surface area contributed by atoms with Crippen LogP contribution in [0.25, 0.3) is 0 Å². The van der Waals surface area contributed by atoms with Gasteiger partial charge in [0.1, 0.15) is 0 Å². The van der Waals surface area contributed by atoms with Crippen molar-refractivity contribution in [3.8, 4) is 0 Å². The monoisotopic (exact) mass is 471 g/mol. The molecule has 0 atom stereocenters. The Hall–Kier alpha value is -3.02. The van der Waals surface area contributed by atoms with Gasteiger partial charge in [-0.05, 0) is 43.9 Å². The highest BCUT2D eigenvalue weighted by Crippen LogP contribution is 2.41. The third-order valence-corrected chi connectivity index (χ3v) is 6.30. The Bertz CT molecular complexity index is 1110. The fraction of sp³-hybridized carbons (Fsp3) is 0.476. The molecule has 1 saturated heterocycles. The second-order valence-corrected chi connectivity index (χ2v) is 8.40. The first kappa shape index (κ1) is 23.1. The van der Waals surface area contributed by atoms with Crippen molar-refractivity contribution in [2.75, 3.05) is 26.7 Å². The molecule has 178 valence electrons. The van der Waals surface area contributed by atoms with Gasteiger partial charge in [0.2, 0.25) is 0 Å². The van der Waals surface area contributed by atoms with Crippen molar-refractivity contribution in [1.29, 1.82) is 0 Å². The number of carbonyl (C=O) groups excluding carboxylic acids is 2. The number of alkyl halides is 3. The van der Waals surface area contributed by atoms with Gasteiger partial charge in [-0.2, -0.15) is 23.0 Å². The molecule has 1 aromatic carbocycles. The number of carbonyl (C=O) groups is 2. The molecule has 0 aliphatic carbocycles. The number of benzene rings is 1. The van der Waals surface area contributed by atoms with E-state index in [1.54, 1.807) is 0 Å². The van der Waals surface area contributed by atoms with Gasteiger partial charge < -0.3 is 15.5 Å². The summed E-state index contributed by atoms with van der Waals surface area (Å²) in [4.78, 5) is 28.4. The summed E-state index contributed by atoms with van der Waals surface area (Å²) in [5.41, 5.74) is 4.79. The zero-order valence-corrected chi connectivity index (χ0v) is 17.8. The smallest absolute Gasteiger partial charge is 0.350 e. The van der Waals surface area contributed by atoms with Crippen molar-refractivity contribution in [2.24, 2.45) is 5.73 Å². The quantitative estimate of drug-likeness (QED) is 0.683. The number of hydrogen-bond donors (Lipinski definition) is 1. The molecule has 3 heterocycles. The molecular weight excluding hydrogens is 449 g/mol. The summed E-state index contributed by atoms with van der Waals surface area (Å²) in [5.74, 6) is -4.59. The average molecular weight is 471 g/mol. The summed E-state index contributed by atoms with van der Waals surface area (Å²) in [5, 5.41) is 4.13. The van der Waals surface area contributed by atoms with E-state index in [9.17, 15) is 31.5 Å². The highest BCUT2D eigenvalue weighted by Gasteiger charge is 2.41. The lowest BCUT2D eigenvalue weighted by molar-refractivity contribution is -0.141. The van der Waals surface area contributed by atoms with E-state index in [-0.39, 0.29) is 37.2 Å². The predicted molar refractivity (Wildman–Crippen MR) is 106 cm³/mol. The van der Waals surface area contributed by atoms with E-state index in [0.717, 1.165) is 10.7 Å². The van der Waals surface area contributed by atoms with Crippen LogP contribution in [0.15, 0.2) is 12.1 Å². The fourth-order valence-corrected chi connectivity index (χ4v) is 4.64. The standard InChI is InChI=1S/C21H22F5N5O2/c1-29-7-6-13-15(10-29)31(20(27)33)28-18(13)19(32)30-8-4-11(5-9-30)12-2-3-14(22)17(23)16(12)21(24,25)26/h2-3,11H,4-10H2,1H3,(H2,27,33). The molecule has 1 aromatic heterocycles. The summed E-state index contributed by atoms with van der Waals surface area (Å²) < 4.78 is 68.7. The van der Waals surface area contributed by atoms with Crippen molar-refractivity contribution in [1.82, 2.24) is 19.6 Å².